The lowest BCUT2D eigenvalue weighted by Crippen LogP contribution is -2.51. The number of benzene rings is 1. The Labute approximate surface area is 175 Å². The summed E-state index contributed by atoms with van der Waals surface area (Å²) in [5.74, 6) is -1.15. The van der Waals surface area contributed by atoms with Crippen molar-refractivity contribution in [2.75, 3.05) is 13.2 Å². The quantitative estimate of drug-likeness (QED) is 0.468. The molecule has 0 radical (unpaired) electrons. The first-order chi connectivity index (χ1) is 14.1. The van der Waals surface area contributed by atoms with Gasteiger partial charge in [0.25, 0.3) is 0 Å². The number of nitrogens with one attached hydrogen (secondary N) is 2. The fourth-order valence-electron chi connectivity index (χ4n) is 3.61. The van der Waals surface area contributed by atoms with Gasteiger partial charge in [0.1, 0.15) is 0 Å². The molecule has 30 heavy (non-hydrogen) atoms. The fourth-order valence-corrected chi connectivity index (χ4v) is 4.78. The fraction of sp³-hybridized carbons (Fsp3) is 0.600. The second-order valence-corrected chi connectivity index (χ2v) is 9.89. The summed E-state index contributed by atoms with van der Waals surface area (Å²) in [7, 11) is -3.91. The number of piperidine rings is 1. The molecule has 1 heterocycles. The van der Waals surface area contributed by atoms with Gasteiger partial charge in [0.05, 0.1) is 17.9 Å². The van der Waals surface area contributed by atoms with Crippen LogP contribution in [0.15, 0.2) is 18.2 Å². The highest BCUT2D eigenvalue weighted by Crippen LogP contribution is 2.32. The molecule has 3 atom stereocenters. The lowest BCUT2D eigenvalue weighted by atomic mass is 9.95. The summed E-state index contributed by atoms with van der Waals surface area (Å²) >= 11 is 0. The molecule has 1 aromatic carbocycles. The SMILES string of the molecule is C[C@H](c1ccc(F)c(OCC2CC2)c1)C(CCNC1CCC(=O)NC1=O)S(N)(=O)=O. The Balaban J connectivity index is 1.65. The van der Waals surface area contributed by atoms with E-state index >= 15 is 0 Å². The highest BCUT2D eigenvalue weighted by molar-refractivity contribution is 7.89. The number of primary sulfonamides is 1. The Morgan fingerprint density at radius 3 is 2.67 bits per heavy atom. The molecule has 1 aliphatic heterocycles. The Morgan fingerprint density at radius 1 is 1.30 bits per heavy atom. The van der Waals surface area contributed by atoms with Crippen LogP contribution >= 0.6 is 0 Å². The van der Waals surface area contributed by atoms with Gasteiger partial charge in [-0.3, -0.25) is 14.9 Å². The van der Waals surface area contributed by atoms with Gasteiger partial charge in [0, 0.05) is 6.42 Å². The van der Waals surface area contributed by atoms with Crippen LogP contribution in [0.4, 0.5) is 4.39 Å². The number of imide groups is 1. The molecule has 166 valence electrons. The van der Waals surface area contributed by atoms with E-state index in [2.05, 4.69) is 10.6 Å². The van der Waals surface area contributed by atoms with Gasteiger partial charge >= 0.3 is 0 Å². The topological polar surface area (TPSA) is 128 Å². The van der Waals surface area contributed by atoms with Crippen molar-refractivity contribution < 1.29 is 27.1 Å². The van der Waals surface area contributed by atoms with Crippen molar-refractivity contribution in [1.82, 2.24) is 10.6 Å². The minimum absolute atomic E-state index is 0.112. The largest absolute Gasteiger partial charge is 0.490 e. The molecule has 2 fully saturated rings. The first-order valence-electron chi connectivity index (χ1n) is 10.2. The third-order valence-electron chi connectivity index (χ3n) is 5.69. The van der Waals surface area contributed by atoms with Crippen LogP contribution in [0.25, 0.3) is 0 Å². The van der Waals surface area contributed by atoms with Gasteiger partial charge < -0.3 is 10.1 Å². The normalized spacial score (nSPS) is 21.8. The predicted octanol–water partition coefficient (Wildman–Crippen LogP) is 1.16. The Kier molecular flexibility index (Phi) is 7.10. The maximum atomic E-state index is 14.1. The number of rotatable bonds is 10. The predicted molar refractivity (Wildman–Crippen MR) is 109 cm³/mol. The summed E-state index contributed by atoms with van der Waals surface area (Å²) < 4.78 is 44.1. The molecule has 10 heteroatoms. The number of sulfonamides is 1. The molecule has 8 nitrogen and oxygen atoms in total. The average Bonchev–Trinajstić information content (AvgIpc) is 3.49. The highest BCUT2D eigenvalue weighted by Gasteiger charge is 2.31. The third-order valence-corrected chi connectivity index (χ3v) is 7.18. The van der Waals surface area contributed by atoms with Crippen LogP contribution in [-0.4, -0.2) is 44.7 Å². The molecule has 3 rings (SSSR count). The molecule has 0 bridgehead atoms. The van der Waals surface area contributed by atoms with Crippen molar-refractivity contribution >= 4 is 21.8 Å². The number of hydrogen-bond donors (Lipinski definition) is 3. The number of ether oxygens (including phenoxy) is 1. The minimum atomic E-state index is -3.91. The molecule has 0 spiro atoms. The first kappa shape index (κ1) is 22.6. The van der Waals surface area contributed by atoms with E-state index in [0.29, 0.717) is 24.5 Å². The smallest absolute Gasteiger partial charge is 0.243 e. The van der Waals surface area contributed by atoms with E-state index in [9.17, 15) is 22.4 Å². The highest BCUT2D eigenvalue weighted by atomic mass is 32.2. The van der Waals surface area contributed by atoms with Gasteiger partial charge in [-0.05, 0) is 61.8 Å². The summed E-state index contributed by atoms with van der Waals surface area (Å²) in [5, 5.41) is 9.78. The van der Waals surface area contributed by atoms with E-state index in [0.717, 1.165) is 12.8 Å². The summed E-state index contributed by atoms with van der Waals surface area (Å²) in [4.78, 5) is 23.1. The van der Waals surface area contributed by atoms with Crippen LogP contribution in [0, 0.1) is 11.7 Å². The van der Waals surface area contributed by atoms with Crippen LogP contribution in [0.1, 0.15) is 50.5 Å². The molecule has 2 unspecified atom stereocenters. The summed E-state index contributed by atoms with van der Waals surface area (Å²) in [6.45, 7) is 2.40. The van der Waals surface area contributed by atoms with Gasteiger partial charge in [0.15, 0.2) is 11.6 Å². The molecular weight excluding hydrogens is 413 g/mol. The first-order valence-corrected chi connectivity index (χ1v) is 11.8. The molecule has 1 aliphatic carbocycles. The molecule has 1 aromatic rings. The zero-order valence-electron chi connectivity index (χ0n) is 16.9. The van der Waals surface area contributed by atoms with Crippen molar-refractivity contribution in [1.29, 1.82) is 0 Å². The van der Waals surface area contributed by atoms with E-state index in [1.165, 1.54) is 18.2 Å². The number of carbonyl (C=O) groups is 2. The van der Waals surface area contributed by atoms with Crippen molar-refractivity contribution in [2.45, 2.75) is 56.2 Å². The van der Waals surface area contributed by atoms with Gasteiger partial charge in [-0.25, -0.2) is 17.9 Å². The molecular formula is C20H28FN3O5S. The summed E-state index contributed by atoms with van der Waals surface area (Å²) in [5.41, 5.74) is 0.613. The number of amides is 2. The lowest BCUT2D eigenvalue weighted by molar-refractivity contribution is -0.134. The van der Waals surface area contributed by atoms with Crippen molar-refractivity contribution in [3.8, 4) is 5.75 Å². The minimum Gasteiger partial charge on any atom is -0.490 e. The Hall–Kier alpha value is -2.04. The van der Waals surface area contributed by atoms with Crippen LogP contribution < -0.4 is 20.5 Å². The van der Waals surface area contributed by atoms with E-state index in [-0.39, 0.29) is 31.0 Å². The van der Waals surface area contributed by atoms with Gasteiger partial charge in [-0.15, -0.1) is 0 Å². The summed E-state index contributed by atoms with van der Waals surface area (Å²) in [6.07, 6.45) is 2.90. The number of nitrogens with two attached hydrogens (primary N) is 1. The second kappa shape index (κ2) is 9.40. The van der Waals surface area contributed by atoms with Gasteiger partial charge in [0.2, 0.25) is 21.8 Å². The molecule has 1 saturated carbocycles. The zero-order valence-corrected chi connectivity index (χ0v) is 17.7. The van der Waals surface area contributed by atoms with Crippen molar-refractivity contribution in [2.24, 2.45) is 11.1 Å². The second-order valence-electron chi connectivity index (χ2n) is 8.11. The lowest BCUT2D eigenvalue weighted by Gasteiger charge is -2.25. The van der Waals surface area contributed by atoms with Crippen molar-refractivity contribution in [3.63, 3.8) is 0 Å². The van der Waals surface area contributed by atoms with Crippen molar-refractivity contribution in [3.05, 3.63) is 29.6 Å². The molecule has 0 aromatic heterocycles. The van der Waals surface area contributed by atoms with Gasteiger partial charge in [-0.1, -0.05) is 13.0 Å². The Bertz CT molecular complexity index is 904. The van der Waals surface area contributed by atoms with E-state index in [4.69, 9.17) is 9.88 Å². The van der Waals surface area contributed by atoms with E-state index in [1.807, 2.05) is 0 Å². The van der Waals surface area contributed by atoms with E-state index < -0.39 is 39.0 Å². The van der Waals surface area contributed by atoms with Crippen LogP contribution in [-0.2, 0) is 19.6 Å². The third kappa shape index (κ3) is 5.99. The standard InChI is InChI=1S/C20H28FN3O5S/c1-12(14-4-5-15(21)17(10-14)29-11-13-2-3-13)18(30(22,27)28)8-9-23-16-6-7-19(25)24-20(16)26/h4-5,10,12-13,16,18,23H,2-3,6-9,11H2,1H3,(H2,22,27,28)(H,24,25,26)/t12-,16?,18?/m1/s1. The van der Waals surface area contributed by atoms with Crippen LogP contribution in [0.2, 0.25) is 0 Å². The number of halogens is 1. The maximum absolute atomic E-state index is 14.1. The number of hydrogen-bond acceptors (Lipinski definition) is 6. The summed E-state index contributed by atoms with van der Waals surface area (Å²) in [6, 6.07) is 3.80. The van der Waals surface area contributed by atoms with E-state index in [1.54, 1.807) is 6.92 Å². The Morgan fingerprint density at radius 2 is 2.03 bits per heavy atom. The van der Waals surface area contributed by atoms with Gasteiger partial charge in [-0.2, -0.15) is 0 Å². The maximum Gasteiger partial charge on any atom is 0.243 e. The molecule has 1 saturated heterocycles. The number of carbonyl (C=O) groups excluding carboxylic acids is 2. The van der Waals surface area contributed by atoms with Crippen LogP contribution in [0.5, 0.6) is 5.75 Å². The monoisotopic (exact) mass is 441 g/mol. The van der Waals surface area contributed by atoms with Crippen LogP contribution in [0.3, 0.4) is 0 Å². The average molecular weight is 442 g/mol. The molecule has 2 amide bonds. The molecule has 4 N–H and O–H groups in total. The zero-order chi connectivity index (χ0) is 21.9. The molecule has 2 aliphatic rings.